The molecule has 1 aliphatic rings. The van der Waals surface area contributed by atoms with Crippen LogP contribution in [0, 0.1) is 13.8 Å². The summed E-state index contributed by atoms with van der Waals surface area (Å²) in [5, 5.41) is 2.23. The molecule has 0 radical (unpaired) electrons. The third kappa shape index (κ3) is 5.32. The van der Waals surface area contributed by atoms with Gasteiger partial charge in [-0.2, -0.15) is 0 Å². The first kappa shape index (κ1) is 22.8. The average molecular weight is 456 g/mol. The maximum Gasteiger partial charge on any atom is 0.335 e. The topological polar surface area (TPSA) is 84.9 Å². The van der Waals surface area contributed by atoms with Gasteiger partial charge in [0.15, 0.2) is 0 Å². The van der Waals surface area contributed by atoms with Crippen LogP contribution in [0.25, 0.3) is 6.08 Å². The zero-order chi connectivity index (χ0) is 24.1. The van der Waals surface area contributed by atoms with Crippen molar-refractivity contribution < 1.29 is 23.9 Å². The van der Waals surface area contributed by atoms with Crippen molar-refractivity contribution in [1.82, 2.24) is 5.32 Å². The van der Waals surface area contributed by atoms with E-state index >= 15 is 0 Å². The van der Waals surface area contributed by atoms with Crippen LogP contribution in [-0.4, -0.2) is 31.1 Å². The highest BCUT2D eigenvalue weighted by atomic mass is 16.5. The first-order chi connectivity index (χ1) is 16.4. The SMILES string of the molecule is Cc1ccc(OCCOc2ccc(C=C3C(=O)NC(=O)N(c4cccc(C)c4)C3=O)cc2)cc1. The van der Waals surface area contributed by atoms with Crippen molar-refractivity contribution >= 4 is 29.6 Å². The Balaban J connectivity index is 1.40. The number of rotatable bonds is 7. The molecule has 0 unspecified atom stereocenters. The van der Waals surface area contributed by atoms with Gasteiger partial charge >= 0.3 is 6.03 Å². The van der Waals surface area contributed by atoms with Crippen LogP contribution in [0.15, 0.2) is 78.4 Å². The predicted molar refractivity (Wildman–Crippen MR) is 129 cm³/mol. The minimum Gasteiger partial charge on any atom is -0.490 e. The van der Waals surface area contributed by atoms with Gasteiger partial charge in [0.2, 0.25) is 0 Å². The lowest BCUT2D eigenvalue weighted by Crippen LogP contribution is -2.54. The molecular formula is C27H24N2O5. The zero-order valence-corrected chi connectivity index (χ0v) is 18.9. The number of ether oxygens (including phenoxy) is 2. The Morgan fingerprint density at radius 1 is 0.794 bits per heavy atom. The number of nitrogens with zero attached hydrogens (tertiary/aromatic N) is 1. The third-order valence-electron chi connectivity index (χ3n) is 5.19. The maximum absolute atomic E-state index is 13.0. The Kier molecular flexibility index (Phi) is 6.73. The van der Waals surface area contributed by atoms with Crippen LogP contribution in [0.1, 0.15) is 16.7 Å². The van der Waals surface area contributed by atoms with E-state index < -0.39 is 17.8 Å². The Bertz CT molecular complexity index is 1250. The van der Waals surface area contributed by atoms with E-state index in [2.05, 4.69) is 5.32 Å². The van der Waals surface area contributed by atoms with Crippen molar-refractivity contribution in [1.29, 1.82) is 0 Å². The van der Waals surface area contributed by atoms with Gasteiger partial charge in [-0.1, -0.05) is 42.0 Å². The van der Waals surface area contributed by atoms with E-state index in [1.165, 1.54) is 11.6 Å². The van der Waals surface area contributed by atoms with Gasteiger partial charge in [-0.05, 0) is 67.4 Å². The van der Waals surface area contributed by atoms with E-state index in [0.29, 0.717) is 30.2 Å². The largest absolute Gasteiger partial charge is 0.490 e. The smallest absolute Gasteiger partial charge is 0.335 e. The fraction of sp³-hybridized carbons (Fsp3) is 0.148. The molecule has 1 N–H and O–H groups in total. The molecule has 1 saturated heterocycles. The van der Waals surface area contributed by atoms with Crippen molar-refractivity contribution in [2.24, 2.45) is 0 Å². The molecule has 0 aliphatic carbocycles. The summed E-state index contributed by atoms with van der Waals surface area (Å²) in [5.41, 5.74) is 2.96. The average Bonchev–Trinajstić information content (AvgIpc) is 2.81. The molecule has 3 aromatic carbocycles. The minimum absolute atomic E-state index is 0.124. The fourth-order valence-electron chi connectivity index (χ4n) is 3.44. The molecule has 3 aromatic rings. The second-order valence-electron chi connectivity index (χ2n) is 7.88. The number of barbiturate groups is 1. The Labute approximate surface area is 197 Å². The summed E-state index contributed by atoms with van der Waals surface area (Å²) in [6.45, 7) is 4.63. The number of aryl methyl sites for hydroxylation is 2. The standard InChI is InChI=1S/C27H24N2O5/c1-18-6-10-22(11-7-18)33-14-15-34-23-12-8-20(9-13-23)17-24-25(30)28-27(32)29(26(24)31)21-5-3-4-19(2)16-21/h3-13,16-17H,14-15H2,1-2H3,(H,28,30,32). The second-order valence-corrected chi connectivity index (χ2v) is 7.88. The lowest BCUT2D eigenvalue weighted by molar-refractivity contribution is -0.122. The highest BCUT2D eigenvalue weighted by Crippen LogP contribution is 2.23. The van der Waals surface area contributed by atoms with E-state index in [9.17, 15) is 14.4 Å². The number of amides is 4. The molecule has 4 rings (SSSR count). The van der Waals surface area contributed by atoms with Gasteiger partial charge in [-0.15, -0.1) is 0 Å². The monoisotopic (exact) mass is 456 g/mol. The Hall–Kier alpha value is -4.39. The van der Waals surface area contributed by atoms with Crippen molar-refractivity contribution in [3.05, 3.63) is 95.1 Å². The van der Waals surface area contributed by atoms with Crippen LogP contribution < -0.4 is 19.7 Å². The number of nitrogens with one attached hydrogen (secondary N) is 1. The molecule has 1 heterocycles. The summed E-state index contributed by atoms with van der Waals surface area (Å²) in [7, 11) is 0. The third-order valence-corrected chi connectivity index (χ3v) is 5.19. The molecule has 0 spiro atoms. The van der Waals surface area contributed by atoms with Crippen LogP contribution in [-0.2, 0) is 9.59 Å². The molecule has 0 saturated carbocycles. The molecule has 0 aromatic heterocycles. The molecule has 4 amide bonds. The molecular weight excluding hydrogens is 432 g/mol. The second kappa shape index (κ2) is 10.0. The van der Waals surface area contributed by atoms with Crippen LogP contribution in [0.2, 0.25) is 0 Å². The van der Waals surface area contributed by atoms with Gasteiger partial charge < -0.3 is 9.47 Å². The molecule has 1 aliphatic heterocycles. The van der Waals surface area contributed by atoms with Gasteiger partial charge in [0.05, 0.1) is 5.69 Å². The van der Waals surface area contributed by atoms with Crippen molar-refractivity contribution in [3.63, 3.8) is 0 Å². The number of anilines is 1. The van der Waals surface area contributed by atoms with E-state index in [-0.39, 0.29) is 5.57 Å². The summed E-state index contributed by atoms with van der Waals surface area (Å²) >= 11 is 0. The number of hydrogen-bond donors (Lipinski definition) is 1. The van der Waals surface area contributed by atoms with Gasteiger partial charge in [-0.25, -0.2) is 9.69 Å². The van der Waals surface area contributed by atoms with Gasteiger partial charge in [0.25, 0.3) is 11.8 Å². The lowest BCUT2D eigenvalue weighted by Gasteiger charge is -2.26. The summed E-state index contributed by atoms with van der Waals surface area (Å²) in [6.07, 6.45) is 1.46. The minimum atomic E-state index is -0.769. The predicted octanol–water partition coefficient (Wildman–Crippen LogP) is 4.43. The molecule has 7 nitrogen and oxygen atoms in total. The molecule has 0 bridgehead atoms. The van der Waals surface area contributed by atoms with Crippen molar-refractivity contribution in [2.75, 3.05) is 18.1 Å². The van der Waals surface area contributed by atoms with Crippen molar-refractivity contribution in [3.8, 4) is 11.5 Å². The molecule has 34 heavy (non-hydrogen) atoms. The molecule has 172 valence electrons. The number of carbonyl (C=O) groups excluding carboxylic acids is 3. The van der Waals surface area contributed by atoms with Crippen LogP contribution >= 0.6 is 0 Å². The number of imide groups is 2. The fourth-order valence-corrected chi connectivity index (χ4v) is 3.44. The molecule has 7 heteroatoms. The number of urea groups is 1. The van der Waals surface area contributed by atoms with E-state index in [1.54, 1.807) is 42.5 Å². The zero-order valence-electron chi connectivity index (χ0n) is 18.9. The van der Waals surface area contributed by atoms with Gasteiger partial charge in [0.1, 0.15) is 30.3 Å². The summed E-state index contributed by atoms with van der Waals surface area (Å²) in [5.74, 6) is 0.0100. The Morgan fingerprint density at radius 3 is 2.03 bits per heavy atom. The first-order valence-corrected chi connectivity index (χ1v) is 10.8. The van der Waals surface area contributed by atoms with Crippen LogP contribution in [0.3, 0.4) is 0 Å². The molecule has 0 atom stereocenters. The van der Waals surface area contributed by atoms with E-state index in [1.807, 2.05) is 44.2 Å². The molecule has 1 fully saturated rings. The van der Waals surface area contributed by atoms with Crippen LogP contribution in [0.5, 0.6) is 11.5 Å². The number of carbonyl (C=O) groups is 3. The summed E-state index contributed by atoms with van der Waals surface area (Å²) < 4.78 is 11.3. The lowest BCUT2D eigenvalue weighted by atomic mass is 10.1. The van der Waals surface area contributed by atoms with Crippen LogP contribution in [0.4, 0.5) is 10.5 Å². The highest BCUT2D eigenvalue weighted by Gasteiger charge is 2.36. The Morgan fingerprint density at radius 2 is 1.41 bits per heavy atom. The van der Waals surface area contributed by atoms with E-state index in [4.69, 9.17) is 9.47 Å². The maximum atomic E-state index is 13.0. The highest BCUT2D eigenvalue weighted by molar-refractivity contribution is 6.39. The number of hydrogen-bond acceptors (Lipinski definition) is 5. The van der Waals surface area contributed by atoms with Gasteiger partial charge in [-0.3, -0.25) is 14.9 Å². The number of benzene rings is 3. The summed E-state index contributed by atoms with van der Waals surface area (Å²) in [6, 6.07) is 20.9. The van der Waals surface area contributed by atoms with E-state index in [0.717, 1.165) is 16.2 Å². The van der Waals surface area contributed by atoms with Crippen molar-refractivity contribution in [2.45, 2.75) is 13.8 Å². The first-order valence-electron chi connectivity index (χ1n) is 10.8. The van der Waals surface area contributed by atoms with Gasteiger partial charge in [0, 0.05) is 0 Å². The normalized spacial score (nSPS) is 14.8. The summed E-state index contributed by atoms with van der Waals surface area (Å²) in [4.78, 5) is 38.6. The quantitative estimate of drug-likeness (QED) is 0.323.